The van der Waals surface area contributed by atoms with E-state index in [2.05, 4.69) is 11.1 Å². The molecule has 4 nitrogen and oxygen atoms in total. The van der Waals surface area contributed by atoms with Gasteiger partial charge >= 0.3 is 0 Å². The third kappa shape index (κ3) is 4.65. The maximum Gasteiger partial charge on any atom is 0.254 e. The lowest BCUT2D eigenvalue weighted by Gasteiger charge is -2.23. The first-order chi connectivity index (χ1) is 15.3. The van der Waals surface area contributed by atoms with Gasteiger partial charge in [-0.3, -0.25) is 9.59 Å². The van der Waals surface area contributed by atoms with Crippen LogP contribution < -0.4 is 5.56 Å². The molecule has 0 atom stereocenters. The predicted molar refractivity (Wildman–Crippen MR) is 130 cm³/mol. The highest BCUT2D eigenvalue weighted by Gasteiger charge is 2.19. The molecule has 1 aromatic heterocycles. The van der Waals surface area contributed by atoms with Crippen LogP contribution in [0.1, 0.15) is 43.7 Å². The molecule has 1 N–H and O–H groups in total. The van der Waals surface area contributed by atoms with Crippen LogP contribution in [0.25, 0.3) is 10.9 Å². The molecule has 0 aliphatic carbocycles. The van der Waals surface area contributed by atoms with Gasteiger partial charge < -0.3 is 9.88 Å². The summed E-state index contributed by atoms with van der Waals surface area (Å²) in [7, 11) is 0. The number of carbonyl (C=O) groups excluding carboxylic acids is 1. The van der Waals surface area contributed by atoms with Gasteiger partial charge in [-0.25, -0.2) is 0 Å². The Balaban J connectivity index is 1.73. The second kappa shape index (κ2) is 8.83. The van der Waals surface area contributed by atoms with Crippen LogP contribution in [0.15, 0.2) is 71.5 Å². The molecule has 0 radical (unpaired) electrons. The molecule has 32 heavy (non-hydrogen) atoms. The molecule has 0 saturated heterocycles. The Morgan fingerprint density at radius 1 is 0.781 bits per heavy atom. The average Bonchev–Trinajstić information content (AvgIpc) is 2.75. The Kier molecular flexibility index (Phi) is 5.95. The number of nitrogens with one attached hydrogen (secondary N) is 1. The van der Waals surface area contributed by atoms with Crippen LogP contribution in [0.4, 0.5) is 0 Å². The van der Waals surface area contributed by atoms with Gasteiger partial charge in [0.05, 0.1) is 6.54 Å². The quantitative estimate of drug-likeness (QED) is 0.453. The molecule has 0 fully saturated rings. The number of aromatic amines is 1. The summed E-state index contributed by atoms with van der Waals surface area (Å²) in [4.78, 5) is 31.1. The van der Waals surface area contributed by atoms with Crippen LogP contribution in [0.2, 0.25) is 0 Å². The molecule has 0 bridgehead atoms. The number of H-pyrrole nitrogens is 1. The summed E-state index contributed by atoms with van der Waals surface area (Å²) in [5.41, 5.74) is 7.37. The number of pyridine rings is 1. The van der Waals surface area contributed by atoms with E-state index >= 15 is 0 Å². The largest absolute Gasteiger partial charge is 0.330 e. The molecule has 0 aliphatic heterocycles. The lowest BCUT2D eigenvalue weighted by molar-refractivity contribution is 0.0729. The van der Waals surface area contributed by atoms with Crippen molar-refractivity contribution >= 4 is 16.8 Å². The zero-order chi connectivity index (χ0) is 22.8. The van der Waals surface area contributed by atoms with E-state index in [1.54, 1.807) is 4.90 Å². The van der Waals surface area contributed by atoms with E-state index in [0.29, 0.717) is 17.7 Å². The molecule has 0 unspecified atom stereocenters. The number of fused-ring (bicyclic) bond motifs is 1. The first kappa shape index (κ1) is 21.6. The van der Waals surface area contributed by atoms with E-state index in [9.17, 15) is 9.59 Å². The van der Waals surface area contributed by atoms with E-state index in [-0.39, 0.29) is 18.0 Å². The molecule has 4 heteroatoms. The minimum Gasteiger partial charge on any atom is -0.330 e. The van der Waals surface area contributed by atoms with Gasteiger partial charge in [0.2, 0.25) is 0 Å². The second-order valence-corrected chi connectivity index (χ2v) is 8.68. The number of aromatic nitrogens is 1. The zero-order valence-corrected chi connectivity index (χ0v) is 19.0. The summed E-state index contributed by atoms with van der Waals surface area (Å²) in [5, 5.41) is 1.00. The highest BCUT2D eigenvalue weighted by atomic mass is 16.2. The summed E-state index contributed by atoms with van der Waals surface area (Å²) in [6.45, 7) is 8.76. The first-order valence-electron chi connectivity index (χ1n) is 10.8. The van der Waals surface area contributed by atoms with E-state index in [4.69, 9.17) is 0 Å². The zero-order valence-electron chi connectivity index (χ0n) is 19.0. The SMILES string of the molecule is Cc1ccc(CN(Cc2cc3c(C)cc(C)cc3[nH]c2=O)C(=O)c2ccc(C)cc2)cc1. The second-order valence-electron chi connectivity index (χ2n) is 8.68. The summed E-state index contributed by atoms with van der Waals surface area (Å²) in [5.74, 6) is -0.0919. The van der Waals surface area contributed by atoms with Crippen molar-refractivity contribution in [1.82, 2.24) is 9.88 Å². The highest BCUT2D eigenvalue weighted by molar-refractivity contribution is 5.94. The van der Waals surface area contributed by atoms with Crippen molar-refractivity contribution in [2.75, 3.05) is 0 Å². The van der Waals surface area contributed by atoms with E-state index in [1.807, 2.05) is 88.4 Å². The summed E-state index contributed by atoms with van der Waals surface area (Å²) in [6.07, 6.45) is 0. The number of benzene rings is 3. The normalized spacial score (nSPS) is 11.0. The van der Waals surface area contributed by atoms with E-state index in [0.717, 1.165) is 33.2 Å². The summed E-state index contributed by atoms with van der Waals surface area (Å²) in [6, 6.07) is 21.7. The minimum atomic E-state index is -0.159. The Hall–Kier alpha value is -3.66. The van der Waals surface area contributed by atoms with Gasteiger partial charge in [-0.2, -0.15) is 0 Å². The number of nitrogens with zero attached hydrogens (tertiary/aromatic N) is 1. The molecule has 4 aromatic rings. The summed E-state index contributed by atoms with van der Waals surface area (Å²) < 4.78 is 0. The number of rotatable bonds is 5. The van der Waals surface area contributed by atoms with Gasteiger partial charge in [-0.15, -0.1) is 0 Å². The lowest BCUT2D eigenvalue weighted by Crippen LogP contribution is -2.32. The average molecular weight is 425 g/mol. The third-order valence-electron chi connectivity index (χ3n) is 5.83. The van der Waals surface area contributed by atoms with Crippen molar-refractivity contribution in [3.8, 4) is 0 Å². The number of aryl methyl sites for hydroxylation is 4. The molecule has 1 amide bonds. The number of amides is 1. The highest BCUT2D eigenvalue weighted by Crippen LogP contribution is 2.20. The molecule has 3 aromatic carbocycles. The molecule has 0 spiro atoms. The number of hydrogen-bond donors (Lipinski definition) is 1. The standard InChI is InChI=1S/C28H28N2O2/c1-18-5-9-22(10-6-18)16-30(28(32)23-11-7-19(2)8-12-23)17-24-15-25-21(4)13-20(3)14-26(25)29-27(24)31/h5-15H,16-17H2,1-4H3,(H,29,31). The molecule has 162 valence electrons. The lowest BCUT2D eigenvalue weighted by atomic mass is 10.0. The van der Waals surface area contributed by atoms with Gasteiger partial charge in [0.15, 0.2) is 0 Å². The van der Waals surface area contributed by atoms with E-state index in [1.165, 1.54) is 5.56 Å². The molecule has 1 heterocycles. The van der Waals surface area contributed by atoms with Crippen LogP contribution >= 0.6 is 0 Å². The molecular weight excluding hydrogens is 396 g/mol. The third-order valence-corrected chi connectivity index (χ3v) is 5.83. The maximum absolute atomic E-state index is 13.4. The summed E-state index contributed by atoms with van der Waals surface area (Å²) >= 11 is 0. The monoisotopic (exact) mass is 424 g/mol. The Morgan fingerprint density at radius 3 is 2.06 bits per heavy atom. The molecule has 0 aliphatic rings. The number of carbonyl (C=O) groups is 1. The Bertz CT molecular complexity index is 1330. The van der Waals surface area contributed by atoms with E-state index < -0.39 is 0 Å². The van der Waals surface area contributed by atoms with Crippen molar-refractivity contribution in [1.29, 1.82) is 0 Å². The Labute approximate surface area is 188 Å². The van der Waals surface area contributed by atoms with Gasteiger partial charge in [-0.05, 0) is 68.7 Å². The Morgan fingerprint density at radius 2 is 1.41 bits per heavy atom. The van der Waals surface area contributed by atoms with Crippen LogP contribution in [-0.2, 0) is 13.1 Å². The first-order valence-corrected chi connectivity index (χ1v) is 10.8. The maximum atomic E-state index is 13.4. The van der Waals surface area contributed by atoms with Crippen LogP contribution in [0, 0.1) is 27.7 Å². The predicted octanol–water partition coefficient (Wildman–Crippen LogP) is 5.60. The van der Waals surface area contributed by atoms with Gasteiger partial charge in [0.1, 0.15) is 0 Å². The van der Waals surface area contributed by atoms with Crippen molar-refractivity contribution in [3.05, 3.63) is 116 Å². The fourth-order valence-corrected chi connectivity index (χ4v) is 4.03. The van der Waals surface area contributed by atoms with Gasteiger partial charge in [-0.1, -0.05) is 53.6 Å². The van der Waals surface area contributed by atoms with Crippen molar-refractivity contribution < 1.29 is 4.79 Å². The number of hydrogen-bond acceptors (Lipinski definition) is 2. The van der Waals surface area contributed by atoms with Gasteiger partial charge in [0.25, 0.3) is 11.5 Å². The van der Waals surface area contributed by atoms with Crippen molar-refractivity contribution in [2.45, 2.75) is 40.8 Å². The van der Waals surface area contributed by atoms with Crippen LogP contribution in [0.5, 0.6) is 0 Å². The molecule has 0 saturated carbocycles. The smallest absolute Gasteiger partial charge is 0.254 e. The van der Waals surface area contributed by atoms with Crippen LogP contribution in [0.3, 0.4) is 0 Å². The fraction of sp³-hybridized carbons (Fsp3) is 0.214. The minimum absolute atomic E-state index is 0.0919. The van der Waals surface area contributed by atoms with Crippen molar-refractivity contribution in [3.63, 3.8) is 0 Å². The van der Waals surface area contributed by atoms with Gasteiger partial charge in [0, 0.05) is 28.6 Å². The molecular formula is C28H28N2O2. The molecule has 4 rings (SSSR count). The topological polar surface area (TPSA) is 53.2 Å². The fourth-order valence-electron chi connectivity index (χ4n) is 4.03. The van der Waals surface area contributed by atoms with Crippen molar-refractivity contribution in [2.24, 2.45) is 0 Å². The van der Waals surface area contributed by atoms with Crippen LogP contribution in [-0.4, -0.2) is 15.8 Å².